The molecule has 0 aliphatic carbocycles. The normalized spacial score (nSPS) is 12.0. The van der Waals surface area contributed by atoms with Crippen LogP contribution >= 0.6 is 11.6 Å². The van der Waals surface area contributed by atoms with Gasteiger partial charge in [-0.15, -0.1) is 0 Å². The third kappa shape index (κ3) is 5.55. The van der Waals surface area contributed by atoms with Crippen molar-refractivity contribution in [3.63, 3.8) is 0 Å². The monoisotopic (exact) mass is 410 g/mol. The number of nitrogens with one attached hydrogen (secondary N) is 1. The summed E-state index contributed by atoms with van der Waals surface area (Å²) in [6.45, 7) is 3.71. The zero-order chi connectivity index (χ0) is 20.8. The van der Waals surface area contributed by atoms with Crippen LogP contribution in [0, 0.1) is 5.92 Å². The van der Waals surface area contributed by atoms with Crippen LogP contribution in [0.25, 0.3) is 10.9 Å². The number of hydrogen-bond acceptors (Lipinski definition) is 4. The van der Waals surface area contributed by atoms with Gasteiger partial charge < -0.3 is 10.1 Å². The molecule has 1 unspecified atom stereocenters. The Labute approximate surface area is 175 Å². The first-order valence-electron chi connectivity index (χ1n) is 9.48. The number of pyridine rings is 1. The Kier molecular flexibility index (Phi) is 6.83. The Morgan fingerprint density at radius 2 is 1.76 bits per heavy atom. The van der Waals surface area contributed by atoms with Crippen molar-refractivity contribution in [3.8, 4) is 0 Å². The number of rotatable bonds is 7. The van der Waals surface area contributed by atoms with E-state index in [0.29, 0.717) is 10.7 Å². The van der Waals surface area contributed by atoms with Gasteiger partial charge in [0.1, 0.15) is 17.8 Å². The van der Waals surface area contributed by atoms with Crippen LogP contribution in [-0.4, -0.2) is 22.9 Å². The van der Waals surface area contributed by atoms with Crippen molar-refractivity contribution in [2.45, 2.75) is 32.9 Å². The summed E-state index contributed by atoms with van der Waals surface area (Å²) in [5, 5.41) is 4.00. The molecule has 0 aliphatic rings. The van der Waals surface area contributed by atoms with E-state index in [1.165, 1.54) is 0 Å². The lowest BCUT2D eigenvalue weighted by atomic mass is 10.0. The predicted octanol–water partition coefficient (Wildman–Crippen LogP) is 4.31. The molecule has 1 amide bonds. The molecule has 2 aromatic carbocycles. The predicted molar refractivity (Wildman–Crippen MR) is 113 cm³/mol. The Morgan fingerprint density at radius 3 is 2.48 bits per heavy atom. The third-order valence-corrected chi connectivity index (χ3v) is 4.89. The number of halogens is 1. The number of benzene rings is 2. The molecule has 3 rings (SSSR count). The van der Waals surface area contributed by atoms with E-state index in [9.17, 15) is 9.59 Å². The van der Waals surface area contributed by atoms with Crippen molar-refractivity contribution >= 4 is 34.4 Å². The van der Waals surface area contributed by atoms with E-state index < -0.39 is 12.0 Å². The molecule has 0 spiro atoms. The van der Waals surface area contributed by atoms with Gasteiger partial charge in [-0.05, 0) is 23.6 Å². The summed E-state index contributed by atoms with van der Waals surface area (Å²) in [7, 11) is 0. The van der Waals surface area contributed by atoms with Crippen molar-refractivity contribution in [1.29, 1.82) is 0 Å². The number of ether oxygens (including phenoxy) is 1. The lowest BCUT2D eigenvalue weighted by molar-refractivity contribution is -0.150. The molecule has 0 saturated carbocycles. The van der Waals surface area contributed by atoms with Gasteiger partial charge in [0.15, 0.2) is 0 Å². The fourth-order valence-electron chi connectivity index (χ4n) is 2.98. The smallest absolute Gasteiger partial charge is 0.329 e. The zero-order valence-corrected chi connectivity index (χ0v) is 17.1. The molecule has 0 aliphatic heterocycles. The second-order valence-corrected chi connectivity index (χ2v) is 7.55. The van der Waals surface area contributed by atoms with Crippen LogP contribution in [0.5, 0.6) is 0 Å². The molecular formula is C23H23ClN2O3. The maximum Gasteiger partial charge on any atom is 0.329 e. The van der Waals surface area contributed by atoms with Gasteiger partial charge in [0.05, 0.1) is 11.9 Å². The van der Waals surface area contributed by atoms with E-state index >= 15 is 0 Å². The molecule has 0 fully saturated rings. The Bertz CT molecular complexity index is 1010. The highest BCUT2D eigenvalue weighted by atomic mass is 35.5. The fraction of sp³-hybridized carbons (Fsp3) is 0.261. The Hall–Kier alpha value is -2.92. The third-order valence-electron chi connectivity index (χ3n) is 4.56. The zero-order valence-electron chi connectivity index (χ0n) is 16.4. The minimum Gasteiger partial charge on any atom is -0.459 e. The van der Waals surface area contributed by atoms with Crippen LogP contribution in [-0.2, 0) is 27.4 Å². The summed E-state index contributed by atoms with van der Waals surface area (Å²) >= 11 is 6.23. The van der Waals surface area contributed by atoms with Crippen molar-refractivity contribution in [3.05, 3.63) is 76.9 Å². The molecule has 150 valence electrons. The Morgan fingerprint density at radius 1 is 1.07 bits per heavy atom. The van der Waals surface area contributed by atoms with Crippen molar-refractivity contribution in [2.75, 3.05) is 0 Å². The topological polar surface area (TPSA) is 68.3 Å². The molecule has 0 radical (unpaired) electrons. The van der Waals surface area contributed by atoms with Crippen LogP contribution in [0.3, 0.4) is 0 Å². The number of carbonyl (C=O) groups excluding carboxylic acids is 2. The molecule has 0 saturated heterocycles. The van der Waals surface area contributed by atoms with E-state index in [1.54, 1.807) is 0 Å². The molecule has 6 heteroatoms. The molecular weight excluding hydrogens is 388 g/mol. The highest BCUT2D eigenvalue weighted by Gasteiger charge is 2.26. The summed E-state index contributed by atoms with van der Waals surface area (Å²) in [6.07, 6.45) is 0.206. The summed E-state index contributed by atoms with van der Waals surface area (Å²) < 4.78 is 5.45. The van der Waals surface area contributed by atoms with Crippen LogP contribution in [0.2, 0.25) is 5.15 Å². The van der Waals surface area contributed by atoms with Crippen molar-refractivity contribution < 1.29 is 14.3 Å². The van der Waals surface area contributed by atoms with Gasteiger partial charge in [0, 0.05) is 10.9 Å². The average molecular weight is 411 g/mol. The van der Waals surface area contributed by atoms with Crippen molar-refractivity contribution in [1.82, 2.24) is 10.3 Å². The van der Waals surface area contributed by atoms with E-state index in [-0.39, 0.29) is 24.9 Å². The molecule has 0 bridgehead atoms. The van der Waals surface area contributed by atoms with Gasteiger partial charge in [-0.25, -0.2) is 9.78 Å². The second kappa shape index (κ2) is 9.52. The first-order chi connectivity index (χ1) is 13.9. The van der Waals surface area contributed by atoms with Gasteiger partial charge in [-0.1, -0.05) is 74.0 Å². The first kappa shape index (κ1) is 20.8. The van der Waals surface area contributed by atoms with Gasteiger partial charge >= 0.3 is 5.97 Å². The number of amides is 1. The number of esters is 1. The number of aromatic nitrogens is 1. The summed E-state index contributed by atoms with van der Waals surface area (Å²) in [6, 6.07) is 18.1. The minimum absolute atomic E-state index is 0.00667. The van der Waals surface area contributed by atoms with Gasteiger partial charge in [-0.3, -0.25) is 4.79 Å². The largest absolute Gasteiger partial charge is 0.459 e. The van der Waals surface area contributed by atoms with Crippen LogP contribution in [0.1, 0.15) is 25.0 Å². The fourth-order valence-corrected chi connectivity index (χ4v) is 3.18. The maximum atomic E-state index is 12.6. The van der Waals surface area contributed by atoms with Gasteiger partial charge in [-0.2, -0.15) is 0 Å². The summed E-state index contributed by atoms with van der Waals surface area (Å²) in [5.74, 6) is -0.838. The van der Waals surface area contributed by atoms with E-state index in [0.717, 1.165) is 16.5 Å². The average Bonchev–Trinajstić information content (AvgIpc) is 2.70. The lowest BCUT2D eigenvalue weighted by Crippen LogP contribution is -2.45. The number of nitrogens with zero attached hydrogens (tertiary/aromatic N) is 1. The van der Waals surface area contributed by atoms with Crippen LogP contribution in [0.15, 0.2) is 60.7 Å². The number of para-hydroxylation sites is 1. The summed E-state index contributed by atoms with van der Waals surface area (Å²) in [5.41, 5.74) is 2.28. The molecule has 5 nitrogen and oxygen atoms in total. The van der Waals surface area contributed by atoms with Gasteiger partial charge in [0.25, 0.3) is 0 Å². The lowest BCUT2D eigenvalue weighted by Gasteiger charge is -2.21. The SMILES string of the molecule is CC(C)C(NC(=O)Cc1ccccc1)C(=O)OCc1cc2ccccc2nc1Cl. The molecule has 1 heterocycles. The van der Waals surface area contributed by atoms with Crippen LogP contribution < -0.4 is 5.32 Å². The standard InChI is InChI=1S/C23H23ClN2O3/c1-15(2)21(26-20(27)12-16-8-4-3-5-9-16)23(28)29-14-18-13-17-10-6-7-11-19(17)25-22(18)24/h3-11,13,15,21H,12,14H2,1-2H3,(H,26,27). The second-order valence-electron chi connectivity index (χ2n) is 7.19. The highest BCUT2D eigenvalue weighted by molar-refractivity contribution is 6.30. The summed E-state index contributed by atoms with van der Waals surface area (Å²) in [4.78, 5) is 29.3. The van der Waals surface area contributed by atoms with E-state index in [4.69, 9.17) is 16.3 Å². The molecule has 1 atom stereocenters. The molecule has 3 aromatic rings. The number of fused-ring (bicyclic) bond motifs is 1. The highest BCUT2D eigenvalue weighted by Crippen LogP contribution is 2.21. The Balaban J connectivity index is 1.64. The maximum absolute atomic E-state index is 12.6. The molecule has 1 aromatic heterocycles. The molecule has 29 heavy (non-hydrogen) atoms. The van der Waals surface area contributed by atoms with E-state index in [1.807, 2.05) is 74.5 Å². The van der Waals surface area contributed by atoms with E-state index in [2.05, 4.69) is 10.3 Å². The minimum atomic E-state index is -0.738. The first-order valence-corrected chi connectivity index (χ1v) is 9.86. The number of carbonyl (C=O) groups is 2. The number of hydrogen-bond donors (Lipinski definition) is 1. The van der Waals surface area contributed by atoms with Gasteiger partial charge in [0.2, 0.25) is 5.91 Å². The quantitative estimate of drug-likeness (QED) is 0.465. The van der Waals surface area contributed by atoms with Crippen LogP contribution in [0.4, 0.5) is 0 Å². The molecule has 1 N–H and O–H groups in total. The van der Waals surface area contributed by atoms with Crippen molar-refractivity contribution in [2.24, 2.45) is 5.92 Å².